The third-order valence-electron chi connectivity index (χ3n) is 4.62. The maximum atomic E-state index is 12.1. The van der Waals surface area contributed by atoms with Crippen molar-refractivity contribution in [1.82, 2.24) is 25.1 Å². The molecule has 9 nitrogen and oxygen atoms in total. The fourth-order valence-electron chi connectivity index (χ4n) is 3.03. The Morgan fingerprint density at radius 3 is 2.53 bits per heavy atom. The van der Waals surface area contributed by atoms with Gasteiger partial charge < -0.3 is 19.5 Å². The molecule has 1 N–H and O–H groups in total. The lowest BCUT2D eigenvalue weighted by Gasteiger charge is -2.09. The third-order valence-corrected chi connectivity index (χ3v) is 4.88. The van der Waals surface area contributed by atoms with Gasteiger partial charge >= 0.3 is 0 Å². The summed E-state index contributed by atoms with van der Waals surface area (Å²) in [6.07, 6.45) is 0. The molecule has 0 atom stereocenters. The molecule has 0 bridgehead atoms. The number of rotatable bonds is 8. The quantitative estimate of drug-likeness (QED) is 0.409. The van der Waals surface area contributed by atoms with E-state index in [1.165, 1.54) is 0 Å². The lowest BCUT2D eigenvalue weighted by molar-refractivity contribution is 0.0946. The van der Waals surface area contributed by atoms with Crippen molar-refractivity contribution in [3.05, 3.63) is 65.2 Å². The highest BCUT2D eigenvalue weighted by molar-refractivity contribution is 6.30. The maximum Gasteiger partial charge on any atom is 0.251 e. The summed E-state index contributed by atoms with van der Waals surface area (Å²) in [5, 5.41) is 16.2. The van der Waals surface area contributed by atoms with Crippen LogP contribution in [0.3, 0.4) is 0 Å². The Balaban J connectivity index is 1.43. The van der Waals surface area contributed by atoms with Gasteiger partial charge in [-0.3, -0.25) is 4.79 Å². The van der Waals surface area contributed by atoms with Crippen LogP contribution in [0.5, 0.6) is 17.4 Å². The number of nitrogens with one attached hydrogen (secondary N) is 1. The fraction of sp³-hybridized carbons (Fsp3) is 0.182. The smallest absolute Gasteiger partial charge is 0.251 e. The van der Waals surface area contributed by atoms with E-state index in [1.807, 2.05) is 6.07 Å². The Labute approximate surface area is 188 Å². The summed E-state index contributed by atoms with van der Waals surface area (Å²) in [7, 11) is 3.15. The van der Waals surface area contributed by atoms with Crippen LogP contribution in [0.2, 0.25) is 5.02 Å². The van der Waals surface area contributed by atoms with Crippen LogP contribution in [-0.2, 0) is 0 Å². The SMILES string of the molecule is COc1ccc(-c2nnc3ccc(OCCNC(=O)c4ccc(Cl)cc4)nn23)cc1OC. The van der Waals surface area contributed by atoms with E-state index in [0.717, 1.165) is 5.56 Å². The first-order chi connectivity index (χ1) is 15.6. The van der Waals surface area contributed by atoms with Crippen LogP contribution in [0.1, 0.15) is 10.4 Å². The minimum atomic E-state index is -0.205. The highest BCUT2D eigenvalue weighted by atomic mass is 35.5. The summed E-state index contributed by atoms with van der Waals surface area (Å²) < 4.78 is 17.9. The Bertz CT molecular complexity index is 1240. The van der Waals surface area contributed by atoms with E-state index in [4.69, 9.17) is 25.8 Å². The molecule has 0 spiro atoms. The normalized spacial score (nSPS) is 10.7. The van der Waals surface area contributed by atoms with Crippen molar-refractivity contribution in [3.63, 3.8) is 0 Å². The van der Waals surface area contributed by atoms with Crippen LogP contribution in [0, 0.1) is 0 Å². The first-order valence-corrected chi connectivity index (χ1v) is 10.1. The summed E-state index contributed by atoms with van der Waals surface area (Å²) in [6.45, 7) is 0.553. The number of aromatic nitrogens is 4. The molecule has 2 aromatic heterocycles. The van der Waals surface area contributed by atoms with E-state index in [2.05, 4.69) is 20.6 Å². The molecule has 0 unspecified atom stereocenters. The monoisotopic (exact) mass is 453 g/mol. The summed E-state index contributed by atoms with van der Waals surface area (Å²) >= 11 is 5.84. The molecule has 4 rings (SSSR count). The first-order valence-electron chi connectivity index (χ1n) is 9.70. The van der Waals surface area contributed by atoms with Crippen LogP contribution in [-0.4, -0.2) is 53.1 Å². The predicted molar refractivity (Wildman–Crippen MR) is 119 cm³/mol. The second kappa shape index (κ2) is 9.52. The second-order valence-electron chi connectivity index (χ2n) is 6.65. The lowest BCUT2D eigenvalue weighted by atomic mass is 10.2. The molecular formula is C22H20ClN5O4. The minimum absolute atomic E-state index is 0.205. The number of halogens is 1. The number of carbonyl (C=O) groups is 1. The van der Waals surface area contributed by atoms with Crippen LogP contribution < -0.4 is 19.5 Å². The first kappa shape index (κ1) is 21.4. The number of nitrogens with zero attached hydrogens (tertiary/aromatic N) is 4. The fourth-order valence-corrected chi connectivity index (χ4v) is 3.15. The van der Waals surface area contributed by atoms with Gasteiger partial charge in [0.05, 0.1) is 20.8 Å². The summed E-state index contributed by atoms with van der Waals surface area (Å²) in [4.78, 5) is 12.1. The number of benzene rings is 2. The highest BCUT2D eigenvalue weighted by Gasteiger charge is 2.14. The number of carbonyl (C=O) groups excluding carboxylic acids is 1. The number of hydrogen-bond donors (Lipinski definition) is 1. The Morgan fingerprint density at radius 1 is 1.00 bits per heavy atom. The van der Waals surface area contributed by atoms with Crippen molar-refractivity contribution in [3.8, 4) is 28.8 Å². The molecule has 0 aliphatic rings. The van der Waals surface area contributed by atoms with Crippen LogP contribution >= 0.6 is 11.6 Å². The van der Waals surface area contributed by atoms with Gasteiger partial charge in [0.15, 0.2) is 23.0 Å². The van der Waals surface area contributed by atoms with Gasteiger partial charge in [0.2, 0.25) is 5.88 Å². The van der Waals surface area contributed by atoms with Gasteiger partial charge in [0.1, 0.15) is 6.61 Å². The van der Waals surface area contributed by atoms with Crippen molar-refractivity contribution in [2.45, 2.75) is 0 Å². The van der Waals surface area contributed by atoms with Gasteiger partial charge in [0.25, 0.3) is 5.91 Å². The molecule has 1 amide bonds. The van der Waals surface area contributed by atoms with E-state index in [0.29, 0.717) is 46.0 Å². The van der Waals surface area contributed by atoms with Gasteiger partial charge in [-0.1, -0.05) is 11.6 Å². The maximum absolute atomic E-state index is 12.1. The van der Waals surface area contributed by atoms with Crippen molar-refractivity contribution in [2.24, 2.45) is 0 Å². The summed E-state index contributed by atoms with van der Waals surface area (Å²) in [5.41, 5.74) is 1.85. The largest absolute Gasteiger partial charge is 0.493 e. The summed E-state index contributed by atoms with van der Waals surface area (Å²) in [5.74, 6) is 1.89. The molecule has 2 aromatic carbocycles. The van der Waals surface area contributed by atoms with Crippen molar-refractivity contribution in [1.29, 1.82) is 0 Å². The number of hydrogen-bond acceptors (Lipinski definition) is 7. The zero-order valence-electron chi connectivity index (χ0n) is 17.4. The van der Waals surface area contributed by atoms with Gasteiger partial charge in [-0.15, -0.1) is 15.3 Å². The van der Waals surface area contributed by atoms with E-state index >= 15 is 0 Å². The van der Waals surface area contributed by atoms with E-state index < -0.39 is 0 Å². The highest BCUT2D eigenvalue weighted by Crippen LogP contribution is 2.31. The van der Waals surface area contributed by atoms with E-state index in [1.54, 1.807) is 67.3 Å². The van der Waals surface area contributed by atoms with Crippen LogP contribution in [0.15, 0.2) is 54.6 Å². The average Bonchev–Trinajstić information content (AvgIpc) is 3.25. The number of ether oxygens (including phenoxy) is 3. The Morgan fingerprint density at radius 2 is 1.78 bits per heavy atom. The molecule has 0 saturated heterocycles. The Hall–Kier alpha value is -3.85. The van der Waals surface area contributed by atoms with Crippen molar-refractivity contribution >= 4 is 23.2 Å². The number of fused-ring (bicyclic) bond motifs is 1. The lowest BCUT2D eigenvalue weighted by Crippen LogP contribution is -2.28. The second-order valence-corrected chi connectivity index (χ2v) is 7.08. The molecule has 0 aliphatic heterocycles. The number of amides is 1. The molecular weight excluding hydrogens is 434 g/mol. The van der Waals surface area contributed by atoms with Gasteiger partial charge in [-0.25, -0.2) is 0 Å². The molecule has 4 aromatic rings. The van der Waals surface area contributed by atoms with Crippen molar-refractivity contribution < 1.29 is 19.0 Å². The molecule has 32 heavy (non-hydrogen) atoms. The minimum Gasteiger partial charge on any atom is -0.493 e. The van der Waals surface area contributed by atoms with E-state index in [-0.39, 0.29) is 12.5 Å². The van der Waals surface area contributed by atoms with Gasteiger partial charge in [-0.2, -0.15) is 4.52 Å². The van der Waals surface area contributed by atoms with Crippen molar-refractivity contribution in [2.75, 3.05) is 27.4 Å². The molecule has 2 heterocycles. The standard InChI is InChI=1S/C22H20ClN5O4/c1-30-17-8-5-15(13-18(17)31-2)21-26-25-19-9-10-20(27-28(19)21)32-12-11-24-22(29)14-3-6-16(23)7-4-14/h3-10,13H,11-12H2,1-2H3,(H,24,29). The molecule has 0 radical (unpaired) electrons. The molecule has 164 valence electrons. The van der Waals surface area contributed by atoms with Gasteiger partial charge in [0, 0.05) is 22.2 Å². The van der Waals surface area contributed by atoms with Gasteiger partial charge in [-0.05, 0) is 48.5 Å². The third kappa shape index (κ3) is 4.57. The van der Waals surface area contributed by atoms with Crippen LogP contribution in [0.4, 0.5) is 0 Å². The molecule has 0 aliphatic carbocycles. The zero-order valence-corrected chi connectivity index (χ0v) is 18.2. The topological polar surface area (TPSA) is 99.9 Å². The summed E-state index contributed by atoms with van der Waals surface area (Å²) in [6, 6.07) is 15.6. The van der Waals surface area contributed by atoms with E-state index in [9.17, 15) is 4.79 Å². The predicted octanol–water partition coefficient (Wildman–Crippen LogP) is 3.27. The Kier molecular flexibility index (Phi) is 6.37. The molecule has 0 fully saturated rings. The zero-order chi connectivity index (χ0) is 22.5. The molecule has 10 heteroatoms. The molecule has 0 saturated carbocycles. The van der Waals surface area contributed by atoms with Crippen LogP contribution in [0.25, 0.3) is 17.0 Å². The number of methoxy groups -OCH3 is 2. The average molecular weight is 454 g/mol.